The van der Waals surface area contributed by atoms with Gasteiger partial charge in [0.1, 0.15) is 5.75 Å². The van der Waals surface area contributed by atoms with Crippen LogP contribution >= 0.6 is 23.2 Å². The second-order valence-corrected chi connectivity index (χ2v) is 6.36. The Morgan fingerprint density at radius 3 is 2.40 bits per heavy atom. The third-order valence-electron chi connectivity index (χ3n) is 3.41. The molecule has 0 aromatic heterocycles. The first-order valence-electron chi connectivity index (χ1n) is 7.61. The van der Waals surface area contributed by atoms with Crippen molar-refractivity contribution in [3.63, 3.8) is 0 Å². The number of halogens is 2. The van der Waals surface area contributed by atoms with Gasteiger partial charge in [0.15, 0.2) is 6.10 Å². The second-order valence-electron chi connectivity index (χ2n) is 5.51. The maximum Gasteiger partial charge on any atom is 0.279 e. The first-order valence-corrected chi connectivity index (χ1v) is 8.36. The van der Waals surface area contributed by atoms with Crippen molar-refractivity contribution < 1.29 is 14.3 Å². The summed E-state index contributed by atoms with van der Waals surface area (Å²) in [5.41, 5.74) is 6.34. The van der Waals surface area contributed by atoms with Gasteiger partial charge in [-0.15, -0.1) is 0 Å². The highest BCUT2D eigenvalue weighted by Gasteiger charge is 2.16. The highest BCUT2D eigenvalue weighted by molar-refractivity contribution is 6.31. The van der Waals surface area contributed by atoms with Crippen LogP contribution in [0.1, 0.15) is 18.1 Å². The highest BCUT2D eigenvalue weighted by atomic mass is 35.5. The number of aryl methyl sites for hydroxylation is 1. The number of hydrazine groups is 1. The molecular weight excluding hydrogens is 363 g/mol. The Hall–Kier alpha value is -2.24. The van der Waals surface area contributed by atoms with Crippen LogP contribution in [0.5, 0.6) is 5.75 Å². The molecule has 132 valence electrons. The van der Waals surface area contributed by atoms with E-state index in [1.807, 2.05) is 6.92 Å². The predicted octanol–water partition coefficient (Wildman–Crippen LogP) is 3.46. The lowest BCUT2D eigenvalue weighted by atomic mass is 10.1. The number of carbonyl (C=O) groups excluding carboxylic acids is 2. The van der Waals surface area contributed by atoms with Gasteiger partial charge >= 0.3 is 0 Å². The SMILES string of the molecule is Cc1cc(OC(C)C(=O)NNC(=O)Cc2ccc(Cl)cc2)ccc1Cl. The Kier molecular flexibility index (Phi) is 6.67. The van der Waals surface area contributed by atoms with Crippen molar-refractivity contribution in [3.8, 4) is 5.75 Å². The molecule has 0 fully saturated rings. The smallest absolute Gasteiger partial charge is 0.279 e. The molecule has 0 bridgehead atoms. The minimum Gasteiger partial charge on any atom is -0.481 e. The molecule has 5 nitrogen and oxygen atoms in total. The molecular formula is C18H18Cl2N2O3. The summed E-state index contributed by atoms with van der Waals surface area (Å²) in [6.07, 6.45) is -0.653. The fraction of sp³-hybridized carbons (Fsp3) is 0.222. The van der Waals surface area contributed by atoms with Crippen molar-refractivity contribution in [2.45, 2.75) is 26.4 Å². The summed E-state index contributed by atoms with van der Waals surface area (Å²) in [4.78, 5) is 23.9. The van der Waals surface area contributed by atoms with Crippen LogP contribution in [0.2, 0.25) is 10.0 Å². The zero-order chi connectivity index (χ0) is 18.4. The van der Waals surface area contributed by atoms with Gasteiger partial charge in [-0.05, 0) is 55.3 Å². The van der Waals surface area contributed by atoms with Crippen molar-refractivity contribution in [1.82, 2.24) is 10.9 Å². The van der Waals surface area contributed by atoms with Crippen molar-refractivity contribution >= 4 is 35.0 Å². The minimum atomic E-state index is -0.781. The van der Waals surface area contributed by atoms with Gasteiger partial charge in [-0.1, -0.05) is 35.3 Å². The third-order valence-corrected chi connectivity index (χ3v) is 4.09. The molecule has 7 heteroatoms. The summed E-state index contributed by atoms with van der Waals surface area (Å²) in [5, 5.41) is 1.22. The van der Waals surface area contributed by atoms with Crippen LogP contribution in [0.25, 0.3) is 0 Å². The van der Waals surface area contributed by atoms with Gasteiger partial charge in [0.05, 0.1) is 6.42 Å². The zero-order valence-corrected chi connectivity index (χ0v) is 15.3. The van der Waals surface area contributed by atoms with E-state index in [1.165, 1.54) is 0 Å². The van der Waals surface area contributed by atoms with E-state index in [-0.39, 0.29) is 12.3 Å². The fourth-order valence-corrected chi connectivity index (χ4v) is 2.26. The topological polar surface area (TPSA) is 67.4 Å². The number of hydrogen-bond acceptors (Lipinski definition) is 3. The van der Waals surface area contributed by atoms with Crippen LogP contribution < -0.4 is 15.6 Å². The Balaban J connectivity index is 1.81. The second kappa shape index (κ2) is 8.74. The first kappa shape index (κ1) is 19.1. The Labute approximate surface area is 156 Å². The number of benzene rings is 2. The minimum absolute atomic E-state index is 0.128. The fourth-order valence-electron chi connectivity index (χ4n) is 2.01. The summed E-state index contributed by atoms with van der Waals surface area (Å²) in [7, 11) is 0. The highest BCUT2D eigenvalue weighted by Crippen LogP contribution is 2.21. The predicted molar refractivity (Wildman–Crippen MR) is 97.7 cm³/mol. The standard InChI is InChI=1S/C18H18Cl2N2O3/c1-11-9-15(7-8-16(11)20)25-12(2)18(24)22-21-17(23)10-13-3-5-14(19)6-4-13/h3-9,12H,10H2,1-2H3,(H,21,23)(H,22,24). The molecule has 2 aromatic carbocycles. The van der Waals surface area contributed by atoms with Crippen LogP contribution in [-0.2, 0) is 16.0 Å². The van der Waals surface area contributed by atoms with Gasteiger partial charge in [0.25, 0.3) is 5.91 Å². The van der Waals surface area contributed by atoms with E-state index < -0.39 is 12.0 Å². The molecule has 1 unspecified atom stereocenters. The molecule has 2 rings (SSSR count). The van der Waals surface area contributed by atoms with Crippen molar-refractivity contribution in [2.75, 3.05) is 0 Å². The lowest BCUT2D eigenvalue weighted by Gasteiger charge is -2.15. The number of ether oxygens (including phenoxy) is 1. The monoisotopic (exact) mass is 380 g/mol. The van der Waals surface area contributed by atoms with E-state index in [0.29, 0.717) is 15.8 Å². The first-order chi connectivity index (χ1) is 11.8. The van der Waals surface area contributed by atoms with Gasteiger partial charge in [-0.3, -0.25) is 20.4 Å². The number of carbonyl (C=O) groups is 2. The van der Waals surface area contributed by atoms with E-state index in [9.17, 15) is 9.59 Å². The Bertz CT molecular complexity index is 763. The molecule has 1 atom stereocenters. The molecule has 0 radical (unpaired) electrons. The quantitative estimate of drug-likeness (QED) is 0.780. The summed E-state index contributed by atoms with van der Waals surface area (Å²) >= 11 is 11.7. The average Bonchev–Trinajstić information content (AvgIpc) is 2.58. The molecule has 0 spiro atoms. The molecule has 2 aromatic rings. The number of nitrogens with one attached hydrogen (secondary N) is 2. The van der Waals surface area contributed by atoms with Crippen molar-refractivity contribution in [3.05, 3.63) is 63.6 Å². The van der Waals surface area contributed by atoms with E-state index in [0.717, 1.165) is 11.1 Å². The third kappa shape index (κ3) is 5.96. The van der Waals surface area contributed by atoms with E-state index >= 15 is 0 Å². The van der Waals surface area contributed by atoms with Gasteiger partial charge in [0.2, 0.25) is 5.91 Å². The molecule has 2 amide bonds. The van der Waals surface area contributed by atoms with E-state index in [4.69, 9.17) is 27.9 Å². The normalized spacial score (nSPS) is 11.5. The molecule has 0 saturated heterocycles. The molecule has 0 heterocycles. The summed E-state index contributed by atoms with van der Waals surface area (Å²) in [6, 6.07) is 12.0. The molecule has 0 aliphatic carbocycles. The summed E-state index contributed by atoms with van der Waals surface area (Å²) < 4.78 is 5.54. The van der Waals surface area contributed by atoms with Crippen LogP contribution in [0, 0.1) is 6.92 Å². The molecule has 0 saturated carbocycles. The maximum atomic E-state index is 12.0. The molecule has 0 aliphatic rings. The lowest BCUT2D eigenvalue weighted by Crippen LogP contribution is -2.47. The van der Waals surface area contributed by atoms with Crippen LogP contribution in [0.4, 0.5) is 0 Å². The lowest BCUT2D eigenvalue weighted by molar-refractivity contribution is -0.132. The maximum absolute atomic E-state index is 12.0. The number of hydrogen-bond donors (Lipinski definition) is 2. The van der Waals surface area contributed by atoms with E-state index in [1.54, 1.807) is 49.4 Å². The van der Waals surface area contributed by atoms with Crippen molar-refractivity contribution in [1.29, 1.82) is 0 Å². The number of rotatable bonds is 5. The van der Waals surface area contributed by atoms with Crippen LogP contribution in [-0.4, -0.2) is 17.9 Å². The summed E-state index contributed by atoms with van der Waals surface area (Å²) in [5.74, 6) is -0.278. The largest absolute Gasteiger partial charge is 0.481 e. The van der Waals surface area contributed by atoms with Gasteiger partial charge in [-0.25, -0.2) is 0 Å². The Morgan fingerprint density at radius 2 is 1.76 bits per heavy atom. The van der Waals surface area contributed by atoms with Crippen LogP contribution in [0.15, 0.2) is 42.5 Å². The molecule has 25 heavy (non-hydrogen) atoms. The van der Waals surface area contributed by atoms with E-state index in [2.05, 4.69) is 10.9 Å². The zero-order valence-electron chi connectivity index (χ0n) is 13.8. The average molecular weight is 381 g/mol. The van der Waals surface area contributed by atoms with Crippen LogP contribution in [0.3, 0.4) is 0 Å². The number of amides is 2. The van der Waals surface area contributed by atoms with Gasteiger partial charge < -0.3 is 4.74 Å². The van der Waals surface area contributed by atoms with Gasteiger partial charge in [0, 0.05) is 10.0 Å². The molecule has 0 aliphatic heterocycles. The van der Waals surface area contributed by atoms with Crippen molar-refractivity contribution in [2.24, 2.45) is 0 Å². The summed E-state index contributed by atoms with van der Waals surface area (Å²) in [6.45, 7) is 3.43. The molecule has 2 N–H and O–H groups in total. The Morgan fingerprint density at radius 1 is 1.08 bits per heavy atom. The van der Waals surface area contributed by atoms with Gasteiger partial charge in [-0.2, -0.15) is 0 Å².